The molecule has 1 aliphatic heterocycles. The standard InChI is InChI=1S/C17H17NO4.ClH/c19-16-10-13(22-11-12-4-2-1-3-5-12)6-7-14(16)15-8-9-21-17(20)18-15;/h1-7,10,15,19H,8-9,11H2,(H,18,20);1H/t15-;/m0./s1. The predicted octanol–water partition coefficient (Wildman–Crippen LogP) is 3.56. The molecule has 23 heavy (non-hydrogen) atoms. The molecule has 0 aliphatic carbocycles. The van der Waals surface area contributed by atoms with E-state index in [2.05, 4.69) is 5.32 Å². The van der Waals surface area contributed by atoms with Crippen LogP contribution in [0, 0.1) is 0 Å². The summed E-state index contributed by atoms with van der Waals surface area (Å²) in [4.78, 5) is 11.2. The first-order valence-corrected chi connectivity index (χ1v) is 7.15. The van der Waals surface area contributed by atoms with Crippen molar-refractivity contribution < 1.29 is 19.4 Å². The van der Waals surface area contributed by atoms with Gasteiger partial charge in [0.1, 0.15) is 18.1 Å². The van der Waals surface area contributed by atoms with Crippen LogP contribution < -0.4 is 10.1 Å². The number of alkyl carbamates (subject to hydrolysis) is 1. The summed E-state index contributed by atoms with van der Waals surface area (Å²) in [5.74, 6) is 0.696. The molecule has 1 fully saturated rings. The lowest BCUT2D eigenvalue weighted by molar-refractivity contribution is 0.115. The molecule has 6 heteroatoms. The monoisotopic (exact) mass is 335 g/mol. The van der Waals surface area contributed by atoms with Gasteiger partial charge in [0.25, 0.3) is 0 Å². The van der Waals surface area contributed by atoms with Gasteiger partial charge < -0.3 is 19.9 Å². The third kappa shape index (κ3) is 4.29. The Morgan fingerprint density at radius 3 is 2.70 bits per heavy atom. The second-order valence-corrected chi connectivity index (χ2v) is 5.12. The Kier molecular flexibility index (Phi) is 5.71. The van der Waals surface area contributed by atoms with E-state index in [9.17, 15) is 9.90 Å². The van der Waals surface area contributed by atoms with E-state index in [1.54, 1.807) is 18.2 Å². The maximum Gasteiger partial charge on any atom is 0.407 e. The molecule has 2 N–H and O–H groups in total. The number of hydrogen-bond acceptors (Lipinski definition) is 4. The van der Waals surface area contributed by atoms with Crippen molar-refractivity contribution in [3.8, 4) is 11.5 Å². The Morgan fingerprint density at radius 2 is 2.00 bits per heavy atom. The zero-order valence-electron chi connectivity index (χ0n) is 12.4. The first-order chi connectivity index (χ1) is 10.7. The van der Waals surface area contributed by atoms with Crippen LogP contribution in [0.5, 0.6) is 11.5 Å². The summed E-state index contributed by atoms with van der Waals surface area (Å²) in [7, 11) is 0. The highest BCUT2D eigenvalue weighted by molar-refractivity contribution is 5.85. The minimum absolute atomic E-state index is 0. The molecule has 1 aliphatic rings. The summed E-state index contributed by atoms with van der Waals surface area (Å²) in [5, 5.41) is 12.8. The zero-order chi connectivity index (χ0) is 15.4. The fourth-order valence-corrected chi connectivity index (χ4v) is 2.41. The Labute approximate surface area is 140 Å². The van der Waals surface area contributed by atoms with Gasteiger partial charge in [-0.1, -0.05) is 30.3 Å². The molecule has 1 saturated heterocycles. The van der Waals surface area contributed by atoms with Gasteiger partial charge >= 0.3 is 6.09 Å². The minimum Gasteiger partial charge on any atom is -0.507 e. The maximum atomic E-state index is 11.2. The summed E-state index contributed by atoms with van der Waals surface area (Å²) in [6.07, 6.45) is 0.170. The van der Waals surface area contributed by atoms with Gasteiger partial charge in [-0.15, -0.1) is 12.4 Å². The van der Waals surface area contributed by atoms with Crippen molar-refractivity contribution in [3.05, 3.63) is 59.7 Å². The van der Waals surface area contributed by atoms with Crippen molar-refractivity contribution in [3.63, 3.8) is 0 Å². The van der Waals surface area contributed by atoms with E-state index in [1.807, 2.05) is 30.3 Å². The second-order valence-electron chi connectivity index (χ2n) is 5.12. The number of carbonyl (C=O) groups excluding carboxylic acids is 1. The van der Waals surface area contributed by atoms with Crippen molar-refractivity contribution in [1.29, 1.82) is 0 Å². The van der Waals surface area contributed by atoms with Crippen LogP contribution in [-0.4, -0.2) is 17.8 Å². The number of cyclic esters (lactones) is 1. The van der Waals surface area contributed by atoms with E-state index < -0.39 is 6.09 Å². The fraction of sp³-hybridized carbons (Fsp3) is 0.235. The third-order valence-electron chi connectivity index (χ3n) is 3.56. The molecule has 1 atom stereocenters. The third-order valence-corrected chi connectivity index (χ3v) is 3.56. The maximum absolute atomic E-state index is 11.2. The fourth-order valence-electron chi connectivity index (χ4n) is 2.41. The molecular formula is C17H18ClNO4. The van der Waals surface area contributed by atoms with Crippen molar-refractivity contribution in [1.82, 2.24) is 5.32 Å². The van der Waals surface area contributed by atoms with Crippen LogP contribution in [0.1, 0.15) is 23.6 Å². The number of phenolic OH excluding ortho intramolecular Hbond substituents is 1. The smallest absolute Gasteiger partial charge is 0.407 e. The van der Waals surface area contributed by atoms with Gasteiger partial charge in [0.2, 0.25) is 0 Å². The Bertz CT molecular complexity index is 663. The molecule has 0 saturated carbocycles. The molecule has 1 heterocycles. The number of nitrogens with one attached hydrogen (secondary N) is 1. The van der Waals surface area contributed by atoms with E-state index in [0.717, 1.165) is 5.56 Å². The number of carbonyl (C=O) groups is 1. The summed E-state index contributed by atoms with van der Waals surface area (Å²) in [6.45, 7) is 0.788. The van der Waals surface area contributed by atoms with Crippen molar-refractivity contribution in [2.45, 2.75) is 19.1 Å². The van der Waals surface area contributed by atoms with Gasteiger partial charge in [-0.2, -0.15) is 0 Å². The molecule has 5 nitrogen and oxygen atoms in total. The van der Waals surface area contributed by atoms with Crippen LogP contribution in [0.4, 0.5) is 4.79 Å². The molecule has 3 rings (SSSR count). The number of ether oxygens (including phenoxy) is 2. The first kappa shape index (κ1) is 17.0. The highest BCUT2D eigenvalue weighted by Crippen LogP contribution is 2.31. The Morgan fingerprint density at radius 1 is 1.22 bits per heavy atom. The Balaban J connectivity index is 0.00000192. The largest absolute Gasteiger partial charge is 0.507 e. The number of hydrogen-bond donors (Lipinski definition) is 2. The van der Waals surface area contributed by atoms with Crippen LogP contribution in [0.15, 0.2) is 48.5 Å². The minimum atomic E-state index is -0.458. The first-order valence-electron chi connectivity index (χ1n) is 7.15. The van der Waals surface area contributed by atoms with Crippen molar-refractivity contribution >= 4 is 18.5 Å². The van der Waals surface area contributed by atoms with Crippen LogP contribution in [0.3, 0.4) is 0 Å². The summed E-state index contributed by atoms with van der Waals surface area (Å²) in [6, 6.07) is 14.7. The lowest BCUT2D eigenvalue weighted by atomic mass is 10.0. The molecule has 1 amide bonds. The number of rotatable bonds is 4. The molecular weight excluding hydrogens is 318 g/mol. The number of phenols is 1. The van der Waals surface area contributed by atoms with E-state index in [-0.39, 0.29) is 24.2 Å². The number of aromatic hydroxyl groups is 1. The van der Waals surface area contributed by atoms with Crippen molar-refractivity contribution in [2.24, 2.45) is 0 Å². The zero-order valence-corrected chi connectivity index (χ0v) is 13.2. The van der Waals surface area contributed by atoms with Gasteiger partial charge in [-0.05, 0) is 17.7 Å². The van der Waals surface area contributed by atoms with E-state index in [4.69, 9.17) is 9.47 Å². The topological polar surface area (TPSA) is 67.8 Å². The van der Waals surface area contributed by atoms with Crippen LogP contribution in [0.2, 0.25) is 0 Å². The van der Waals surface area contributed by atoms with Crippen LogP contribution in [0.25, 0.3) is 0 Å². The lowest BCUT2D eigenvalue weighted by Crippen LogP contribution is -2.35. The van der Waals surface area contributed by atoms with E-state index in [0.29, 0.717) is 30.9 Å². The van der Waals surface area contributed by atoms with Gasteiger partial charge in [0.05, 0.1) is 12.6 Å². The summed E-state index contributed by atoms with van der Waals surface area (Å²) < 4.78 is 10.5. The highest BCUT2D eigenvalue weighted by Gasteiger charge is 2.23. The molecule has 2 aromatic rings. The SMILES string of the molecule is Cl.O=C1N[C@H](c2ccc(OCc3ccccc3)cc2O)CCO1. The summed E-state index contributed by atoms with van der Waals surface area (Å²) in [5.41, 5.74) is 1.73. The average molecular weight is 336 g/mol. The van der Waals surface area contributed by atoms with Gasteiger partial charge in [0, 0.05) is 18.1 Å². The summed E-state index contributed by atoms with van der Waals surface area (Å²) >= 11 is 0. The lowest BCUT2D eigenvalue weighted by Gasteiger charge is -2.24. The quantitative estimate of drug-likeness (QED) is 0.896. The number of amides is 1. The number of benzene rings is 2. The molecule has 2 aromatic carbocycles. The average Bonchev–Trinajstić information content (AvgIpc) is 2.54. The van der Waals surface area contributed by atoms with Gasteiger partial charge in [-0.25, -0.2) is 4.79 Å². The number of halogens is 1. The molecule has 0 aromatic heterocycles. The van der Waals surface area contributed by atoms with Crippen LogP contribution >= 0.6 is 12.4 Å². The van der Waals surface area contributed by atoms with Crippen LogP contribution in [-0.2, 0) is 11.3 Å². The second kappa shape index (κ2) is 7.74. The Hall–Kier alpha value is -2.40. The molecule has 0 unspecified atom stereocenters. The normalized spacial score (nSPS) is 16.7. The van der Waals surface area contributed by atoms with Gasteiger partial charge in [-0.3, -0.25) is 0 Å². The van der Waals surface area contributed by atoms with E-state index in [1.165, 1.54) is 0 Å². The van der Waals surface area contributed by atoms with Gasteiger partial charge in [0.15, 0.2) is 0 Å². The molecule has 0 spiro atoms. The highest BCUT2D eigenvalue weighted by atomic mass is 35.5. The van der Waals surface area contributed by atoms with Crippen molar-refractivity contribution in [2.75, 3.05) is 6.61 Å². The predicted molar refractivity (Wildman–Crippen MR) is 88.0 cm³/mol. The van der Waals surface area contributed by atoms with E-state index >= 15 is 0 Å². The molecule has 0 radical (unpaired) electrons. The molecule has 122 valence electrons. The molecule has 0 bridgehead atoms.